The first-order valence-corrected chi connectivity index (χ1v) is 6.86. The molecule has 11 heavy (non-hydrogen) atoms. The second-order valence-corrected chi connectivity index (χ2v) is 10.5. The van der Waals surface area contributed by atoms with Crippen LogP contribution in [0.2, 0.25) is 0 Å². The van der Waals surface area contributed by atoms with E-state index >= 15 is 0 Å². The van der Waals surface area contributed by atoms with Crippen LogP contribution in [0.1, 0.15) is 20.3 Å². The molecule has 0 saturated heterocycles. The summed E-state index contributed by atoms with van der Waals surface area (Å²) in [5.74, 6) is 0.693. The number of alkyl halides is 4. The second kappa shape index (κ2) is 3.25. The van der Waals surface area contributed by atoms with Gasteiger partial charge in [-0.2, -0.15) is 0 Å². The molecule has 1 saturated carbocycles. The molecule has 1 fully saturated rings. The fourth-order valence-electron chi connectivity index (χ4n) is 1.28. The summed E-state index contributed by atoms with van der Waals surface area (Å²) < 4.78 is 0.276. The molecule has 1 aliphatic rings. The summed E-state index contributed by atoms with van der Waals surface area (Å²) >= 11 is 14.4. The molecule has 0 aliphatic heterocycles. The highest BCUT2D eigenvalue weighted by atomic mass is 79.9. The van der Waals surface area contributed by atoms with Crippen molar-refractivity contribution in [2.45, 2.75) is 27.2 Å². The van der Waals surface area contributed by atoms with Gasteiger partial charge in [0.05, 0.1) is 3.74 Å². The molecule has 1 aliphatic carbocycles. The molecular formula is C7H10Br4. The standard InChI is InChI=1S/C7H10Br4/c1-6(2)3-4(6)7(10,11)5(8)9/h4-5H,3H2,1-2H3. The lowest BCUT2D eigenvalue weighted by Crippen LogP contribution is -2.24. The zero-order valence-electron chi connectivity index (χ0n) is 6.37. The number of rotatable bonds is 2. The van der Waals surface area contributed by atoms with Crippen LogP contribution in [0.5, 0.6) is 0 Å². The van der Waals surface area contributed by atoms with Crippen LogP contribution in [0.3, 0.4) is 0 Å². The van der Waals surface area contributed by atoms with E-state index in [1.807, 2.05) is 0 Å². The average molecular weight is 414 g/mol. The van der Waals surface area contributed by atoms with E-state index in [0.717, 1.165) is 0 Å². The molecule has 1 rings (SSSR count). The van der Waals surface area contributed by atoms with Crippen molar-refractivity contribution < 1.29 is 0 Å². The molecule has 0 amide bonds. The van der Waals surface area contributed by atoms with Crippen molar-refractivity contribution >= 4 is 63.7 Å². The van der Waals surface area contributed by atoms with Gasteiger partial charge < -0.3 is 0 Å². The van der Waals surface area contributed by atoms with Crippen molar-refractivity contribution in [1.29, 1.82) is 0 Å². The first-order valence-electron chi connectivity index (χ1n) is 3.44. The van der Waals surface area contributed by atoms with Gasteiger partial charge in [0, 0.05) is 0 Å². The Kier molecular flexibility index (Phi) is 3.25. The van der Waals surface area contributed by atoms with Crippen molar-refractivity contribution in [2.75, 3.05) is 0 Å². The van der Waals surface area contributed by atoms with E-state index in [1.54, 1.807) is 0 Å². The Balaban J connectivity index is 2.62. The fraction of sp³-hybridized carbons (Fsp3) is 1.00. The smallest absolute Gasteiger partial charge is 0.0740 e. The third-order valence-electron chi connectivity index (χ3n) is 2.27. The molecule has 66 valence electrons. The Morgan fingerprint density at radius 3 is 1.82 bits per heavy atom. The number of halogens is 4. The van der Waals surface area contributed by atoms with Crippen LogP contribution in [0.25, 0.3) is 0 Å². The van der Waals surface area contributed by atoms with E-state index in [9.17, 15) is 0 Å². The zero-order chi connectivity index (χ0) is 8.86. The van der Waals surface area contributed by atoms with Crippen molar-refractivity contribution in [3.8, 4) is 0 Å². The third kappa shape index (κ3) is 2.23. The minimum atomic E-state index is 0.00347. The molecule has 1 unspecified atom stereocenters. The quantitative estimate of drug-likeness (QED) is 0.579. The van der Waals surface area contributed by atoms with Gasteiger partial charge in [-0.05, 0) is 17.8 Å². The van der Waals surface area contributed by atoms with Crippen molar-refractivity contribution in [1.82, 2.24) is 0 Å². The summed E-state index contributed by atoms with van der Waals surface area (Å²) in [6.07, 6.45) is 1.27. The Morgan fingerprint density at radius 2 is 1.73 bits per heavy atom. The van der Waals surface area contributed by atoms with Crippen molar-refractivity contribution in [3.63, 3.8) is 0 Å². The SMILES string of the molecule is CC1(C)CC1C(Br)(Br)C(Br)Br. The summed E-state index contributed by atoms with van der Waals surface area (Å²) in [7, 11) is 0. The van der Waals surface area contributed by atoms with E-state index in [4.69, 9.17) is 0 Å². The highest BCUT2D eigenvalue weighted by Gasteiger charge is 2.58. The second-order valence-electron chi connectivity index (χ2n) is 3.72. The minimum absolute atomic E-state index is 0.00347. The lowest BCUT2D eigenvalue weighted by atomic mass is 10.1. The highest BCUT2D eigenvalue weighted by molar-refractivity contribution is 9.30. The summed E-state index contributed by atoms with van der Waals surface area (Å²) in [6, 6.07) is 0. The highest BCUT2D eigenvalue weighted by Crippen LogP contribution is 2.64. The van der Waals surface area contributed by atoms with Crippen LogP contribution < -0.4 is 0 Å². The van der Waals surface area contributed by atoms with Gasteiger partial charge in [0.2, 0.25) is 0 Å². The van der Waals surface area contributed by atoms with Crippen LogP contribution in [0.4, 0.5) is 0 Å². The number of hydrogen-bond acceptors (Lipinski definition) is 0. The van der Waals surface area contributed by atoms with Gasteiger partial charge in [0.25, 0.3) is 0 Å². The molecule has 0 heterocycles. The third-order valence-corrected chi connectivity index (χ3v) is 8.19. The zero-order valence-corrected chi connectivity index (χ0v) is 12.7. The van der Waals surface area contributed by atoms with Gasteiger partial charge in [-0.15, -0.1) is 0 Å². The Hall–Kier alpha value is 1.92. The molecule has 1 atom stereocenters. The minimum Gasteiger partial charge on any atom is -0.0740 e. The van der Waals surface area contributed by atoms with Crippen molar-refractivity contribution in [3.05, 3.63) is 0 Å². The van der Waals surface area contributed by atoms with E-state index in [-0.39, 0.29) is 6.97 Å². The first kappa shape index (κ1) is 11.0. The molecule has 4 heteroatoms. The largest absolute Gasteiger partial charge is 0.106 e. The van der Waals surface area contributed by atoms with E-state index in [2.05, 4.69) is 77.6 Å². The molecule has 0 radical (unpaired) electrons. The summed E-state index contributed by atoms with van der Waals surface area (Å²) in [5, 5.41) is 0. The molecule has 0 aromatic rings. The normalized spacial score (nSPS) is 29.2. The van der Waals surface area contributed by atoms with Gasteiger partial charge in [-0.3, -0.25) is 0 Å². The van der Waals surface area contributed by atoms with Gasteiger partial charge >= 0.3 is 0 Å². The monoisotopic (exact) mass is 410 g/mol. The van der Waals surface area contributed by atoms with Crippen LogP contribution >= 0.6 is 63.7 Å². The molecule has 0 N–H and O–H groups in total. The topological polar surface area (TPSA) is 0 Å². The van der Waals surface area contributed by atoms with E-state index < -0.39 is 0 Å². The lowest BCUT2D eigenvalue weighted by Gasteiger charge is -2.23. The maximum atomic E-state index is 3.67. The maximum absolute atomic E-state index is 3.67. The van der Waals surface area contributed by atoms with E-state index in [0.29, 0.717) is 11.3 Å². The number of hydrogen-bond donors (Lipinski definition) is 0. The van der Waals surface area contributed by atoms with E-state index in [1.165, 1.54) is 6.42 Å². The Labute approximate surface area is 101 Å². The Morgan fingerprint density at radius 1 is 1.36 bits per heavy atom. The summed E-state index contributed by atoms with van der Waals surface area (Å²) in [6.45, 7) is 4.58. The fourth-order valence-corrected chi connectivity index (χ4v) is 3.48. The van der Waals surface area contributed by atoms with Gasteiger partial charge in [0.15, 0.2) is 0 Å². The van der Waals surface area contributed by atoms with Crippen LogP contribution in [-0.4, -0.2) is 6.97 Å². The van der Waals surface area contributed by atoms with Crippen LogP contribution in [0.15, 0.2) is 0 Å². The first-order chi connectivity index (χ1) is 4.78. The molecule has 0 aromatic carbocycles. The van der Waals surface area contributed by atoms with Gasteiger partial charge in [-0.1, -0.05) is 77.6 Å². The maximum Gasteiger partial charge on any atom is 0.106 e. The summed E-state index contributed by atoms with van der Waals surface area (Å²) in [4.78, 5) is 0. The van der Waals surface area contributed by atoms with Crippen LogP contribution in [0, 0.1) is 11.3 Å². The van der Waals surface area contributed by atoms with Gasteiger partial charge in [0.1, 0.15) is 3.23 Å². The predicted octanol–water partition coefficient (Wildman–Crippen LogP) is 4.63. The molecule has 0 nitrogen and oxygen atoms in total. The average Bonchev–Trinajstić information content (AvgIpc) is 2.40. The lowest BCUT2D eigenvalue weighted by molar-refractivity contribution is 0.548. The molecule has 0 aromatic heterocycles. The summed E-state index contributed by atoms with van der Waals surface area (Å²) in [5.41, 5.74) is 0.479. The molecular weight excluding hydrogens is 404 g/mol. The Bertz CT molecular complexity index is 162. The molecule has 0 bridgehead atoms. The predicted molar refractivity (Wildman–Crippen MR) is 64.1 cm³/mol. The van der Waals surface area contributed by atoms with Crippen LogP contribution in [-0.2, 0) is 0 Å². The molecule has 0 spiro atoms. The van der Waals surface area contributed by atoms with Crippen molar-refractivity contribution in [2.24, 2.45) is 11.3 Å². The van der Waals surface area contributed by atoms with Gasteiger partial charge in [-0.25, -0.2) is 0 Å².